The minimum atomic E-state index is 0. The molecule has 0 saturated carbocycles. The lowest BCUT2D eigenvalue weighted by Crippen LogP contribution is -1.95. The monoisotopic (exact) mass is 742 g/mol. The van der Waals surface area contributed by atoms with Gasteiger partial charge in [0.25, 0.3) is 0 Å². The molecule has 0 aliphatic heterocycles. The molecule has 312 valence electrons. The predicted molar refractivity (Wildman–Crippen MR) is 249 cm³/mol. The van der Waals surface area contributed by atoms with Crippen LogP contribution in [0.1, 0.15) is 217 Å². The third kappa shape index (κ3) is 38.1. The van der Waals surface area contributed by atoms with Crippen molar-refractivity contribution in [1.29, 1.82) is 0 Å². The molecule has 0 amide bonds. The summed E-state index contributed by atoms with van der Waals surface area (Å²) in [6.07, 6.45) is 5.61. The highest BCUT2D eigenvalue weighted by atomic mass is 15.1. The Labute approximate surface area is 335 Å². The van der Waals surface area contributed by atoms with E-state index in [9.17, 15) is 0 Å². The van der Waals surface area contributed by atoms with Crippen LogP contribution in [0.5, 0.6) is 0 Å². The molecule has 0 aliphatic carbocycles. The van der Waals surface area contributed by atoms with Crippen molar-refractivity contribution in [2.45, 2.75) is 199 Å². The fraction of sp³-hybridized carbons (Fsp3) is 0.604. The fourth-order valence-corrected chi connectivity index (χ4v) is 3.19. The first-order chi connectivity index (χ1) is 22.8. The Balaban J connectivity index is -0.0000000634. The lowest BCUT2D eigenvalue weighted by atomic mass is 10.0. The van der Waals surface area contributed by atoms with Gasteiger partial charge in [0, 0.05) is 30.2 Å². The van der Waals surface area contributed by atoms with Gasteiger partial charge in [-0.1, -0.05) is 184 Å². The Morgan fingerprint density at radius 3 is 1.04 bits per heavy atom. The lowest BCUT2D eigenvalue weighted by molar-refractivity contribution is 0.771. The number of aryl methyl sites for hydroxylation is 4. The number of rotatable bonds is 4. The average molecular weight is 742 g/mol. The topological polar surface area (TPSA) is 64.5 Å². The van der Waals surface area contributed by atoms with Gasteiger partial charge in [0.1, 0.15) is 5.82 Å². The van der Waals surface area contributed by atoms with Crippen LogP contribution in [0.2, 0.25) is 0 Å². The molecule has 0 unspecified atom stereocenters. The molecule has 5 nitrogen and oxygen atoms in total. The molecule has 53 heavy (non-hydrogen) atoms. The summed E-state index contributed by atoms with van der Waals surface area (Å²) in [4.78, 5) is 12.6. The summed E-state index contributed by atoms with van der Waals surface area (Å²) in [5.74, 6) is 3.03. The fourth-order valence-electron chi connectivity index (χ4n) is 3.19. The van der Waals surface area contributed by atoms with E-state index in [0.717, 1.165) is 22.8 Å². The first-order valence-electron chi connectivity index (χ1n) is 18.4. The number of benzene rings is 1. The summed E-state index contributed by atoms with van der Waals surface area (Å²) in [5, 5.41) is 7.98. The smallest absolute Gasteiger partial charge is 0.130 e. The minimum absolute atomic E-state index is 0. The number of pyridine rings is 1. The summed E-state index contributed by atoms with van der Waals surface area (Å²) in [5.41, 5.74) is 8.31. The zero-order valence-electron chi connectivity index (χ0n) is 34.9. The molecule has 0 spiro atoms. The highest BCUT2D eigenvalue weighted by Crippen LogP contribution is 2.14. The third-order valence-corrected chi connectivity index (χ3v) is 6.00. The van der Waals surface area contributed by atoms with Crippen molar-refractivity contribution in [3.8, 4) is 0 Å². The molecule has 0 radical (unpaired) electrons. The average Bonchev–Trinajstić information content (AvgIpc) is 3.10. The molecule has 0 N–H and O–H groups in total. The van der Waals surface area contributed by atoms with E-state index in [0.29, 0.717) is 23.7 Å². The van der Waals surface area contributed by atoms with Crippen molar-refractivity contribution in [2.75, 3.05) is 0 Å². The number of aromatic nitrogens is 5. The normalized spacial score (nSPS) is 8.30. The van der Waals surface area contributed by atoms with Crippen molar-refractivity contribution in [1.82, 2.24) is 25.1 Å². The zero-order chi connectivity index (χ0) is 38.2. The van der Waals surface area contributed by atoms with Gasteiger partial charge < -0.3 is 0 Å². The Morgan fingerprint density at radius 1 is 0.358 bits per heavy atom. The van der Waals surface area contributed by atoms with Gasteiger partial charge in [0.15, 0.2) is 0 Å². The molecule has 0 saturated heterocycles. The summed E-state index contributed by atoms with van der Waals surface area (Å²) in [6, 6.07) is 16.9. The van der Waals surface area contributed by atoms with Crippen LogP contribution in [0.3, 0.4) is 0 Å². The maximum Gasteiger partial charge on any atom is 0.130 e. The van der Waals surface area contributed by atoms with E-state index >= 15 is 0 Å². The summed E-state index contributed by atoms with van der Waals surface area (Å²) in [6.45, 7) is 41.2. The minimum Gasteiger partial charge on any atom is -0.261 e. The van der Waals surface area contributed by atoms with E-state index in [4.69, 9.17) is 0 Å². The van der Waals surface area contributed by atoms with Gasteiger partial charge >= 0.3 is 0 Å². The molecule has 5 heteroatoms. The van der Waals surface area contributed by atoms with Crippen molar-refractivity contribution in [3.05, 3.63) is 112 Å². The van der Waals surface area contributed by atoms with Crippen molar-refractivity contribution < 1.29 is 0 Å². The van der Waals surface area contributed by atoms with Gasteiger partial charge in [0.2, 0.25) is 0 Å². The molecule has 3 heterocycles. The van der Waals surface area contributed by atoms with Gasteiger partial charge in [-0.25, -0.2) is 9.97 Å². The second-order valence-electron chi connectivity index (χ2n) is 11.5. The predicted octanol–water partition coefficient (Wildman–Crippen LogP) is 16.7. The van der Waals surface area contributed by atoms with Crippen LogP contribution in [0, 0.1) is 27.7 Å². The Bertz CT molecular complexity index is 997. The van der Waals surface area contributed by atoms with Crippen LogP contribution in [-0.2, 0) is 0 Å². The van der Waals surface area contributed by atoms with Crippen LogP contribution >= 0.6 is 0 Å². The molecule has 0 fully saturated rings. The van der Waals surface area contributed by atoms with Crippen LogP contribution in [0.4, 0.5) is 0 Å². The molecule has 0 atom stereocenters. The number of hydrogen-bond acceptors (Lipinski definition) is 5. The van der Waals surface area contributed by atoms with E-state index < -0.39 is 0 Å². The van der Waals surface area contributed by atoms with E-state index in [1.165, 1.54) is 22.4 Å². The second kappa shape index (κ2) is 46.6. The third-order valence-electron chi connectivity index (χ3n) is 6.00. The van der Waals surface area contributed by atoms with Gasteiger partial charge in [-0.15, -0.1) is 0 Å². The van der Waals surface area contributed by atoms with E-state index in [1.807, 2.05) is 100.0 Å². The maximum atomic E-state index is 4.28. The molecular weight excluding hydrogens is 647 g/mol. The largest absolute Gasteiger partial charge is 0.261 e. The lowest BCUT2D eigenvalue weighted by Gasteiger charge is -2.03. The first kappa shape index (κ1) is 71.0. The standard InChI is InChI=1S/C10H14.C9H13N.2C8H12N2.4C2H6.5CH4/c1-8(2)10-6-4-9(3)5-7-10;1-7(2)9-5-4-8(3)6-10-9;1-6(2)8-9-4-7(3)5-10-8;1-6(2)8-5-4-7(3)9-10-8;4*1-2;;;;;/h4-8H,1-3H3;4-7H,1-3H3;2*4-6H,1-3H3;4*1-2H3;5*1H4. The molecule has 1 aromatic carbocycles. The first-order valence-corrected chi connectivity index (χ1v) is 18.4. The van der Waals surface area contributed by atoms with Crippen LogP contribution < -0.4 is 0 Å². The Hall–Kier alpha value is -3.47. The molecule has 3 aromatic heterocycles. The van der Waals surface area contributed by atoms with E-state index in [2.05, 4.69) is 131 Å². The Morgan fingerprint density at radius 2 is 0.736 bits per heavy atom. The second-order valence-corrected chi connectivity index (χ2v) is 11.5. The summed E-state index contributed by atoms with van der Waals surface area (Å²) >= 11 is 0. The molecular formula is C48H95N5. The highest BCUT2D eigenvalue weighted by molar-refractivity contribution is 5.23. The molecule has 4 aromatic rings. The van der Waals surface area contributed by atoms with Crippen molar-refractivity contribution in [2.24, 2.45) is 0 Å². The summed E-state index contributed by atoms with van der Waals surface area (Å²) < 4.78 is 0. The molecule has 4 rings (SSSR count). The highest BCUT2D eigenvalue weighted by Gasteiger charge is 2.00. The van der Waals surface area contributed by atoms with Gasteiger partial charge in [-0.05, 0) is 80.3 Å². The van der Waals surface area contributed by atoms with Gasteiger partial charge in [0.05, 0.1) is 11.4 Å². The zero-order valence-corrected chi connectivity index (χ0v) is 34.9. The number of nitrogens with zero attached hydrogens (tertiary/aromatic N) is 5. The van der Waals surface area contributed by atoms with Crippen molar-refractivity contribution in [3.63, 3.8) is 0 Å². The molecule has 0 aliphatic rings. The van der Waals surface area contributed by atoms with Gasteiger partial charge in [-0.3, -0.25) is 4.98 Å². The quantitative estimate of drug-likeness (QED) is 0.208. The van der Waals surface area contributed by atoms with Gasteiger partial charge in [-0.2, -0.15) is 10.2 Å². The van der Waals surface area contributed by atoms with Crippen LogP contribution in [0.25, 0.3) is 0 Å². The Kier molecular flexibility index (Phi) is 62.4. The number of hydrogen-bond donors (Lipinski definition) is 0. The SMILES string of the molecule is C.C.C.C.C.CC.CC.CC.CC.Cc1ccc(C(C)C)cc1.Cc1ccc(C(C)C)nc1.Cc1ccc(C(C)C)nn1.Cc1cnc(C(C)C)nc1. The molecule has 0 bridgehead atoms. The van der Waals surface area contributed by atoms with E-state index in [-0.39, 0.29) is 37.1 Å². The maximum absolute atomic E-state index is 4.28. The van der Waals surface area contributed by atoms with Crippen molar-refractivity contribution >= 4 is 0 Å². The van der Waals surface area contributed by atoms with E-state index in [1.54, 1.807) is 0 Å². The van der Waals surface area contributed by atoms with Crippen LogP contribution in [-0.4, -0.2) is 25.1 Å². The summed E-state index contributed by atoms with van der Waals surface area (Å²) in [7, 11) is 0. The van der Waals surface area contributed by atoms with Crippen LogP contribution in [0.15, 0.2) is 67.1 Å².